The van der Waals surface area contributed by atoms with Crippen LogP contribution in [0.1, 0.15) is 22.8 Å². The lowest BCUT2D eigenvalue weighted by Gasteiger charge is -2.11. The molecule has 1 amide bonds. The molecule has 0 saturated heterocycles. The second kappa shape index (κ2) is 9.73. The quantitative estimate of drug-likeness (QED) is 0.344. The number of pyridine rings is 2. The Morgan fingerprint density at radius 1 is 1.20 bits per heavy atom. The first-order valence-electron chi connectivity index (χ1n) is 8.85. The van der Waals surface area contributed by atoms with Gasteiger partial charge in [0.1, 0.15) is 6.20 Å². The van der Waals surface area contributed by atoms with E-state index in [9.17, 15) is 14.9 Å². The van der Waals surface area contributed by atoms with Crippen molar-refractivity contribution in [2.24, 2.45) is 5.10 Å². The summed E-state index contributed by atoms with van der Waals surface area (Å²) in [5.74, 6) is 0.647. The Labute approximate surface area is 171 Å². The van der Waals surface area contributed by atoms with Crippen LogP contribution in [0.4, 0.5) is 5.69 Å². The Morgan fingerprint density at radius 2 is 2.00 bits per heavy atom. The average Bonchev–Trinajstić information content (AvgIpc) is 2.76. The predicted octanol–water partition coefficient (Wildman–Crippen LogP) is 3.34. The van der Waals surface area contributed by atoms with Crippen LogP contribution in [0.25, 0.3) is 0 Å². The first-order chi connectivity index (χ1) is 14.6. The molecule has 10 heteroatoms. The third-order valence-electron chi connectivity index (χ3n) is 3.74. The zero-order valence-corrected chi connectivity index (χ0v) is 15.9. The number of nitrogens with zero attached hydrogens (tertiary/aromatic N) is 4. The predicted molar refractivity (Wildman–Crippen MR) is 108 cm³/mol. The number of benzene rings is 1. The van der Waals surface area contributed by atoms with Crippen molar-refractivity contribution in [3.8, 4) is 17.4 Å². The molecule has 30 heavy (non-hydrogen) atoms. The number of rotatable bonds is 8. The minimum atomic E-state index is -0.538. The van der Waals surface area contributed by atoms with Crippen LogP contribution in [0.15, 0.2) is 66.2 Å². The highest BCUT2D eigenvalue weighted by molar-refractivity contribution is 5.94. The molecule has 0 aliphatic carbocycles. The van der Waals surface area contributed by atoms with Crippen LogP contribution in [0.2, 0.25) is 0 Å². The van der Waals surface area contributed by atoms with E-state index in [4.69, 9.17) is 9.47 Å². The summed E-state index contributed by atoms with van der Waals surface area (Å²) >= 11 is 0. The second-order valence-electron chi connectivity index (χ2n) is 5.79. The van der Waals surface area contributed by atoms with E-state index < -0.39 is 4.92 Å². The second-order valence-corrected chi connectivity index (χ2v) is 5.79. The summed E-state index contributed by atoms with van der Waals surface area (Å²) in [6, 6.07) is 10.9. The molecule has 0 unspecified atom stereocenters. The van der Waals surface area contributed by atoms with Crippen LogP contribution in [0.5, 0.6) is 17.4 Å². The fourth-order valence-corrected chi connectivity index (χ4v) is 2.34. The monoisotopic (exact) mass is 407 g/mol. The molecule has 3 aromatic rings. The van der Waals surface area contributed by atoms with Gasteiger partial charge in [0.25, 0.3) is 11.6 Å². The number of hydrogen-bond acceptors (Lipinski definition) is 8. The van der Waals surface area contributed by atoms with Crippen molar-refractivity contribution in [1.29, 1.82) is 0 Å². The van der Waals surface area contributed by atoms with Crippen molar-refractivity contribution in [3.05, 3.63) is 82.3 Å². The number of carbonyl (C=O) groups is 1. The molecule has 3 rings (SSSR count). The molecule has 0 aliphatic rings. The van der Waals surface area contributed by atoms with Gasteiger partial charge in [-0.05, 0) is 42.8 Å². The van der Waals surface area contributed by atoms with E-state index in [2.05, 4.69) is 20.5 Å². The highest BCUT2D eigenvalue weighted by Crippen LogP contribution is 2.32. The third-order valence-corrected chi connectivity index (χ3v) is 3.74. The average molecular weight is 407 g/mol. The molecule has 0 bridgehead atoms. The minimum Gasteiger partial charge on any atom is -0.490 e. The Bertz CT molecular complexity index is 1050. The standard InChI is InChI=1S/C20H17N5O5/c1-2-29-18-11-14(12-23-24-20(26)15-7-9-21-10-8-15)3-5-17(18)30-19-6-4-16(13-22-19)25(27)28/h3-13H,2H2,1H3,(H,24,26)/b23-12+. The number of carbonyl (C=O) groups excluding carboxylic acids is 1. The van der Waals surface area contributed by atoms with Crippen LogP contribution >= 0.6 is 0 Å². The van der Waals surface area contributed by atoms with Crippen molar-refractivity contribution in [1.82, 2.24) is 15.4 Å². The lowest BCUT2D eigenvalue weighted by molar-refractivity contribution is -0.385. The van der Waals surface area contributed by atoms with Crippen molar-refractivity contribution < 1.29 is 19.2 Å². The molecular formula is C20H17N5O5. The summed E-state index contributed by atoms with van der Waals surface area (Å²) < 4.78 is 11.3. The van der Waals surface area contributed by atoms with Gasteiger partial charge in [-0.25, -0.2) is 10.4 Å². The maximum Gasteiger partial charge on any atom is 0.287 e. The minimum absolute atomic E-state index is 0.132. The first kappa shape index (κ1) is 20.4. The van der Waals surface area contributed by atoms with E-state index in [0.29, 0.717) is 29.2 Å². The number of amides is 1. The summed E-state index contributed by atoms with van der Waals surface area (Å²) in [6.45, 7) is 2.22. The Hall–Kier alpha value is -4.34. The number of nitro groups is 1. The van der Waals surface area contributed by atoms with Gasteiger partial charge in [-0.2, -0.15) is 5.10 Å². The van der Waals surface area contributed by atoms with Gasteiger partial charge in [0.15, 0.2) is 11.5 Å². The van der Waals surface area contributed by atoms with Crippen molar-refractivity contribution in [2.45, 2.75) is 6.92 Å². The maximum absolute atomic E-state index is 12.0. The highest BCUT2D eigenvalue weighted by atomic mass is 16.6. The summed E-state index contributed by atoms with van der Waals surface area (Å²) in [6.07, 6.45) is 5.62. The van der Waals surface area contributed by atoms with Gasteiger partial charge in [-0.3, -0.25) is 19.9 Å². The summed E-state index contributed by atoms with van der Waals surface area (Å²) in [5.41, 5.74) is 3.41. The van der Waals surface area contributed by atoms with Gasteiger partial charge in [-0.1, -0.05) is 0 Å². The van der Waals surface area contributed by atoms with E-state index in [1.807, 2.05) is 6.92 Å². The molecule has 0 saturated carbocycles. The number of aromatic nitrogens is 2. The molecule has 0 aliphatic heterocycles. The smallest absolute Gasteiger partial charge is 0.287 e. The lowest BCUT2D eigenvalue weighted by atomic mass is 10.2. The molecule has 0 radical (unpaired) electrons. The normalized spacial score (nSPS) is 10.6. The van der Waals surface area contributed by atoms with Crippen LogP contribution in [0.3, 0.4) is 0 Å². The molecule has 152 valence electrons. The molecule has 0 spiro atoms. The van der Waals surface area contributed by atoms with E-state index >= 15 is 0 Å². The number of hydrazone groups is 1. The van der Waals surface area contributed by atoms with Crippen molar-refractivity contribution in [3.63, 3.8) is 0 Å². The van der Waals surface area contributed by atoms with E-state index in [0.717, 1.165) is 6.20 Å². The number of hydrogen-bond donors (Lipinski definition) is 1. The fourth-order valence-electron chi connectivity index (χ4n) is 2.34. The molecule has 0 atom stereocenters. The summed E-state index contributed by atoms with van der Waals surface area (Å²) in [5, 5.41) is 14.7. The van der Waals surface area contributed by atoms with Crippen LogP contribution in [-0.2, 0) is 0 Å². The molecular weight excluding hydrogens is 390 g/mol. The lowest BCUT2D eigenvalue weighted by Crippen LogP contribution is -2.17. The van der Waals surface area contributed by atoms with Gasteiger partial charge < -0.3 is 9.47 Å². The molecule has 1 aromatic carbocycles. The van der Waals surface area contributed by atoms with Gasteiger partial charge in [-0.15, -0.1) is 0 Å². The Morgan fingerprint density at radius 3 is 2.67 bits per heavy atom. The Balaban J connectivity index is 1.71. The molecule has 0 fully saturated rings. The third kappa shape index (κ3) is 5.35. The van der Waals surface area contributed by atoms with Gasteiger partial charge in [0.05, 0.1) is 17.7 Å². The van der Waals surface area contributed by atoms with Crippen LogP contribution in [0, 0.1) is 10.1 Å². The number of ether oxygens (including phenoxy) is 2. The van der Waals surface area contributed by atoms with Gasteiger partial charge in [0.2, 0.25) is 5.88 Å². The fraction of sp³-hybridized carbons (Fsp3) is 0.100. The van der Waals surface area contributed by atoms with E-state index in [1.54, 1.807) is 30.3 Å². The summed E-state index contributed by atoms with van der Waals surface area (Å²) in [7, 11) is 0. The highest BCUT2D eigenvalue weighted by Gasteiger charge is 2.11. The molecule has 10 nitrogen and oxygen atoms in total. The van der Waals surface area contributed by atoms with Crippen molar-refractivity contribution in [2.75, 3.05) is 6.61 Å². The van der Waals surface area contributed by atoms with E-state index in [-0.39, 0.29) is 17.5 Å². The first-order valence-corrected chi connectivity index (χ1v) is 8.85. The van der Waals surface area contributed by atoms with Crippen LogP contribution in [-0.4, -0.2) is 33.6 Å². The zero-order chi connectivity index (χ0) is 21.3. The van der Waals surface area contributed by atoms with Crippen molar-refractivity contribution >= 4 is 17.8 Å². The SMILES string of the molecule is CCOc1cc(/C=N/NC(=O)c2ccncc2)ccc1Oc1ccc([N+](=O)[O-])cn1. The molecule has 1 N–H and O–H groups in total. The maximum atomic E-state index is 12.0. The molecule has 2 aromatic heterocycles. The van der Waals surface area contributed by atoms with E-state index in [1.165, 1.54) is 30.7 Å². The summed E-state index contributed by atoms with van der Waals surface area (Å²) in [4.78, 5) is 29.9. The van der Waals surface area contributed by atoms with Gasteiger partial charge in [0, 0.05) is 30.1 Å². The zero-order valence-electron chi connectivity index (χ0n) is 15.9. The Kier molecular flexibility index (Phi) is 6.62. The topological polar surface area (TPSA) is 129 Å². The number of nitrogens with one attached hydrogen (secondary N) is 1. The van der Waals surface area contributed by atoms with Gasteiger partial charge >= 0.3 is 0 Å². The largest absolute Gasteiger partial charge is 0.490 e. The van der Waals surface area contributed by atoms with Crippen LogP contribution < -0.4 is 14.9 Å². The molecule has 2 heterocycles.